The average Bonchev–Trinajstić information content (AvgIpc) is 3.01. The highest BCUT2D eigenvalue weighted by Crippen LogP contribution is 2.56. The highest BCUT2D eigenvalue weighted by atomic mass is 31.2. The molecule has 52 heavy (non-hydrogen) atoms. The molecule has 0 fully saturated rings. The standard InChI is InChI=1S/C41H68O4.H4O5P2/c1-17-26(3)28-19-30(36(5,6)7)34(31(20-28)37(8,9)10)41(45,40(23-42,24-43)25-44)35-32(38(11,12)13)21-29(27(4)18-2)22-33(35)39(14,15)16;1-6(2)5-7(3)4/h19-22,26-27,42-45H,17-18,23-25H2,1-16H3;1-4H. The Labute approximate surface area is 317 Å². The highest BCUT2D eigenvalue weighted by Gasteiger charge is 2.58. The number of aliphatic hydroxyl groups is 4. The normalized spacial score (nSPS) is 15.7. The number of hydrogen-bond acceptors (Lipinski definition) is 9. The van der Waals surface area contributed by atoms with Crippen LogP contribution in [0.5, 0.6) is 0 Å². The van der Waals surface area contributed by atoms with Crippen LogP contribution in [0.3, 0.4) is 0 Å². The van der Waals surface area contributed by atoms with Gasteiger partial charge in [0, 0.05) is 0 Å². The van der Waals surface area contributed by atoms with E-state index in [-0.39, 0.29) is 0 Å². The minimum Gasteiger partial charge on any atom is -0.395 e. The Morgan fingerprint density at radius 3 is 0.885 bits per heavy atom. The molecule has 11 heteroatoms. The van der Waals surface area contributed by atoms with Crippen molar-refractivity contribution in [1.29, 1.82) is 0 Å². The van der Waals surface area contributed by atoms with E-state index < -0.39 is 69.7 Å². The molecule has 0 radical (unpaired) electrons. The van der Waals surface area contributed by atoms with E-state index in [0.717, 1.165) is 35.1 Å². The van der Waals surface area contributed by atoms with Gasteiger partial charge in [0.05, 0.1) is 25.2 Å². The third-order valence-corrected chi connectivity index (χ3v) is 11.6. The third kappa shape index (κ3) is 11.0. The average molecular weight is 771 g/mol. The predicted octanol–water partition coefficient (Wildman–Crippen LogP) is 8.53. The first-order chi connectivity index (χ1) is 23.4. The molecule has 0 amide bonds. The van der Waals surface area contributed by atoms with Crippen molar-refractivity contribution < 1.29 is 44.3 Å². The van der Waals surface area contributed by atoms with E-state index in [9.17, 15) is 20.4 Å². The molecule has 9 nitrogen and oxygen atoms in total. The number of benzene rings is 2. The molecule has 0 bridgehead atoms. The molecular weight excluding hydrogens is 698 g/mol. The molecule has 0 aliphatic carbocycles. The highest BCUT2D eigenvalue weighted by molar-refractivity contribution is 7.53. The van der Waals surface area contributed by atoms with E-state index in [1.165, 1.54) is 11.1 Å². The molecule has 0 saturated heterocycles. The summed E-state index contributed by atoms with van der Waals surface area (Å²) in [6.45, 7) is 33.1. The fraction of sp³-hybridized carbons (Fsp3) is 0.707. The number of rotatable bonds is 12. The van der Waals surface area contributed by atoms with Gasteiger partial charge in [-0.2, -0.15) is 0 Å². The van der Waals surface area contributed by atoms with Crippen LogP contribution in [0, 0.1) is 5.41 Å². The summed E-state index contributed by atoms with van der Waals surface area (Å²) in [4.78, 5) is 31.3. The zero-order chi connectivity index (χ0) is 41.0. The van der Waals surface area contributed by atoms with Crippen molar-refractivity contribution in [2.24, 2.45) is 5.41 Å². The molecule has 300 valence electrons. The van der Waals surface area contributed by atoms with E-state index in [2.05, 4.69) is 139 Å². The van der Waals surface area contributed by atoms with Crippen molar-refractivity contribution in [3.8, 4) is 0 Å². The maximum Gasteiger partial charge on any atom is 0.334 e. The number of aliphatic hydroxyl groups excluding tert-OH is 3. The van der Waals surface area contributed by atoms with Crippen molar-refractivity contribution in [2.45, 2.75) is 163 Å². The van der Waals surface area contributed by atoms with E-state index >= 15 is 0 Å². The third-order valence-electron chi connectivity index (χ3n) is 10.5. The lowest BCUT2D eigenvalue weighted by Crippen LogP contribution is -2.57. The zero-order valence-electron chi connectivity index (χ0n) is 34.9. The van der Waals surface area contributed by atoms with Crippen LogP contribution in [0.15, 0.2) is 24.3 Å². The minimum atomic E-state index is -2.61. The van der Waals surface area contributed by atoms with Gasteiger partial charge in [-0.1, -0.05) is 135 Å². The molecule has 8 N–H and O–H groups in total. The van der Waals surface area contributed by atoms with Crippen LogP contribution in [-0.2, 0) is 31.6 Å². The Hall–Kier alpha value is -1.06. The van der Waals surface area contributed by atoms with Gasteiger partial charge in [-0.15, -0.1) is 0 Å². The van der Waals surface area contributed by atoms with Crippen LogP contribution in [0.25, 0.3) is 0 Å². The van der Waals surface area contributed by atoms with Crippen LogP contribution in [0.4, 0.5) is 0 Å². The summed E-state index contributed by atoms with van der Waals surface area (Å²) >= 11 is 0. The number of hydrogen-bond donors (Lipinski definition) is 8. The molecule has 0 aliphatic heterocycles. The van der Waals surface area contributed by atoms with Gasteiger partial charge < -0.3 is 40.0 Å². The second kappa shape index (κ2) is 18.3. The summed E-state index contributed by atoms with van der Waals surface area (Å²) in [6.07, 6.45) is 1.95. The van der Waals surface area contributed by atoms with Gasteiger partial charge in [-0.05, 0) is 90.8 Å². The largest absolute Gasteiger partial charge is 0.395 e. The van der Waals surface area contributed by atoms with Crippen molar-refractivity contribution in [1.82, 2.24) is 0 Å². The van der Waals surface area contributed by atoms with Crippen LogP contribution >= 0.6 is 17.2 Å². The van der Waals surface area contributed by atoms with E-state index in [4.69, 9.17) is 19.6 Å². The van der Waals surface area contributed by atoms with Crippen molar-refractivity contribution in [2.75, 3.05) is 19.8 Å². The fourth-order valence-electron chi connectivity index (χ4n) is 6.73. The molecule has 0 aromatic heterocycles. The second-order valence-corrected chi connectivity index (χ2v) is 20.3. The predicted molar refractivity (Wildman–Crippen MR) is 216 cm³/mol. The van der Waals surface area contributed by atoms with Gasteiger partial charge in [-0.3, -0.25) is 0 Å². The first-order valence-corrected chi connectivity index (χ1v) is 20.8. The van der Waals surface area contributed by atoms with Crippen molar-refractivity contribution >= 4 is 17.2 Å². The monoisotopic (exact) mass is 770 g/mol. The van der Waals surface area contributed by atoms with Gasteiger partial charge in [0.25, 0.3) is 0 Å². The molecule has 2 rings (SSSR count). The van der Waals surface area contributed by atoms with Gasteiger partial charge in [-0.25, -0.2) is 4.31 Å². The van der Waals surface area contributed by atoms with Crippen LogP contribution < -0.4 is 0 Å². The SMILES string of the molecule is CCC(C)c1cc(C(C)(C)C)c(C(O)(c2c(C(C)(C)C)cc(C(C)CC)cc2C(C)(C)C)C(CO)(CO)CO)c(C(C)(C)C)c1.OP(O)OP(O)O. The second-order valence-electron chi connectivity index (χ2n) is 18.7. The first kappa shape index (κ1) is 49.0. The fourth-order valence-corrected chi connectivity index (χ4v) is 7.25. The lowest BCUT2D eigenvalue weighted by molar-refractivity contribution is -0.138. The molecule has 2 aromatic carbocycles. The molecule has 0 aliphatic rings. The molecule has 2 aromatic rings. The van der Waals surface area contributed by atoms with Gasteiger partial charge in [0.15, 0.2) is 0 Å². The molecule has 2 atom stereocenters. The molecule has 0 saturated carbocycles. The van der Waals surface area contributed by atoms with E-state index in [1.807, 2.05) is 0 Å². The van der Waals surface area contributed by atoms with Gasteiger partial charge in [0.2, 0.25) is 0 Å². The van der Waals surface area contributed by atoms with E-state index in [1.54, 1.807) is 0 Å². The Kier molecular flexibility index (Phi) is 17.2. The lowest BCUT2D eigenvalue weighted by Gasteiger charge is -2.52. The summed E-state index contributed by atoms with van der Waals surface area (Å²) in [5.41, 5.74) is 2.43. The Bertz CT molecular complexity index is 1270. The van der Waals surface area contributed by atoms with Crippen molar-refractivity contribution in [3.63, 3.8) is 0 Å². The Morgan fingerprint density at radius 2 is 0.750 bits per heavy atom. The lowest BCUT2D eigenvalue weighted by atomic mass is 9.56. The zero-order valence-corrected chi connectivity index (χ0v) is 36.7. The Morgan fingerprint density at radius 1 is 0.519 bits per heavy atom. The summed E-state index contributed by atoms with van der Waals surface area (Å²) in [6, 6.07) is 8.95. The topological polar surface area (TPSA) is 171 Å². The summed E-state index contributed by atoms with van der Waals surface area (Å²) in [7, 11) is -5.22. The maximum absolute atomic E-state index is 14.1. The maximum atomic E-state index is 14.1. The molecule has 0 heterocycles. The van der Waals surface area contributed by atoms with E-state index in [0.29, 0.717) is 23.0 Å². The van der Waals surface area contributed by atoms with Gasteiger partial charge in [0.1, 0.15) is 5.60 Å². The summed E-state index contributed by atoms with van der Waals surface area (Å²) in [5, 5.41) is 48.0. The van der Waals surface area contributed by atoms with Crippen molar-refractivity contribution in [3.05, 3.63) is 68.8 Å². The summed E-state index contributed by atoms with van der Waals surface area (Å²) in [5.74, 6) is 0.607. The Balaban J connectivity index is 0.00000174. The minimum absolute atomic E-state index is 0.303. The first-order valence-electron chi connectivity index (χ1n) is 18.4. The smallest absolute Gasteiger partial charge is 0.334 e. The van der Waals surface area contributed by atoms with Crippen LogP contribution in [0.1, 0.15) is 180 Å². The van der Waals surface area contributed by atoms with Crippen LogP contribution in [-0.4, -0.2) is 59.8 Å². The summed E-state index contributed by atoms with van der Waals surface area (Å²) < 4.78 is 3.60. The molecule has 0 spiro atoms. The quantitative estimate of drug-likeness (QED) is 0.0986. The van der Waals surface area contributed by atoms with Gasteiger partial charge >= 0.3 is 17.2 Å². The molecular formula is C41H72O9P2. The molecule has 2 unspecified atom stereocenters. The van der Waals surface area contributed by atoms with Crippen LogP contribution in [0.2, 0.25) is 0 Å².